The van der Waals surface area contributed by atoms with Crippen LogP contribution in [0.4, 0.5) is 0 Å². The highest BCUT2D eigenvalue weighted by molar-refractivity contribution is 7.90. The molecule has 128 valence electrons. The van der Waals surface area contributed by atoms with Crippen LogP contribution in [-0.2, 0) is 14.6 Å². The molecule has 1 aliphatic carbocycles. The molecular weight excluding hydrogens is 352 g/mol. The fourth-order valence-corrected chi connectivity index (χ4v) is 3.39. The van der Waals surface area contributed by atoms with Gasteiger partial charge in [-0.3, -0.25) is 0 Å². The van der Waals surface area contributed by atoms with Crippen molar-refractivity contribution in [3.63, 3.8) is 0 Å². The second-order valence-corrected chi connectivity index (χ2v) is 8.16. The lowest BCUT2D eigenvalue weighted by molar-refractivity contribution is 0.0525. The van der Waals surface area contributed by atoms with Gasteiger partial charge in [-0.1, -0.05) is 11.6 Å². The number of benzene rings is 1. The van der Waals surface area contributed by atoms with Crippen molar-refractivity contribution in [2.45, 2.75) is 30.6 Å². The highest BCUT2D eigenvalue weighted by Crippen LogP contribution is 2.43. The van der Waals surface area contributed by atoms with Crippen LogP contribution in [0.25, 0.3) is 5.69 Å². The van der Waals surface area contributed by atoms with Crippen LogP contribution in [0.1, 0.15) is 41.7 Å². The summed E-state index contributed by atoms with van der Waals surface area (Å²) < 4.78 is 30.3. The first-order valence-corrected chi connectivity index (χ1v) is 9.85. The van der Waals surface area contributed by atoms with E-state index < -0.39 is 15.8 Å². The number of sulfone groups is 1. The number of nitrogens with zero attached hydrogens (tertiary/aromatic N) is 2. The Labute approximate surface area is 145 Å². The second kappa shape index (κ2) is 6.22. The normalized spacial score (nSPS) is 14.6. The van der Waals surface area contributed by atoms with Crippen LogP contribution in [-0.4, -0.2) is 37.0 Å². The first-order valence-electron chi connectivity index (χ1n) is 7.58. The van der Waals surface area contributed by atoms with Crippen molar-refractivity contribution in [1.82, 2.24) is 9.78 Å². The molecule has 0 amide bonds. The molecule has 0 aliphatic heterocycles. The van der Waals surface area contributed by atoms with E-state index in [4.69, 9.17) is 16.3 Å². The Morgan fingerprint density at radius 3 is 2.71 bits per heavy atom. The minimum atomic E-state index is -3.38. The van der Waals surface area contributed by atoms with Crippen LogP contribution in [0.15, 0.2) is 29.3 Å². The van der Waals surface area contributed by atoms with Gasteiger partial charge in [-0.05, 0) is 38.0 Å². The molecule has 6 nitrogen and oxygen atoms in total. The van der Waals surface area contributed by atoms with Crippen LogP contribution in [0, 0.1) is 0 Å². The van der Waals surface area contributed by atoms with Gasteiger partial charge >= 0.3 is 5.97 Å². The third kappa shape index (κ3) is 3.18. The molecule has 1 aliphatic rings. The number of hydrogen-bond acceptors (Lipinski definition) is 5. The quantitative estimate of drug-likeness (QED) is 0.758. The van der Waals surface area contributed by atoms with Gasteiger partial charge in [-0.15, -0.1) is 0 Å². The number of hydrogen-bond donors (Lipinski definition) is 0. The number of ether oxygens (including phenoxy) is 1. The Morgan fingerprint density at radius 1 is 1.42 bits per heavy atom. The molecule has 8 heteroatoms. The van der Waals surface area contributed by atoms with Gasteiger partial charge in [0.15, 0.2) is 9.84 Å². The van der Waals surface area contributed by atoms with Gasteiger partial charge < -0.3 is 4.74 Å². The Kier molecular flexibility index (Phi) is 4.40. The Bertz CT molecular complexity index is 901. The summed E-state index contributed by atoms with van der Waals surface area (Å²) in [6.07, 6.45) is 4.48. The van der Waals surface area contributed by atoms with Crippen molar-refractivity contribution < 1.29 is 17.9 Å². The van der Waals surface area contributed by atoms with Crippen molar-refractivity contribution in [1.29, 1.82) is 0 Å². The summed E-state index contributed by atoms with van der Waals surface area (Å²) in [5.74, 6) is -0.231. The molecule has 1 heterocycles. The lowest BCUT2D eigenvalue weighted by Gasteiger charge is -2.11. The van der Waals surface area contributed by atoms with Gasteiger partial charge in [0.05, 0.1) is 34.1 Å². The molecule has 3 rings (SSSR count). The van der Waals surface area contributed by atoms with E-state index in [1.807, 2.05) is 0 Å². The predicted molar refractivity (Wildman–Crippen MR) is 89.6 cm³/mol. The lowest BCUT2D eigenvalue weighted by atomic mass is 10.1. The molecule has 0 N–H and O–H groups in total. The van der Waals surface area contributed by atoms with Gasteiger partial charge in [0.25, 0.3) is 0 Å². The minimum Gasteiger partial charge on any atom is -0.462 e. The van der Waals surface area contributed by atoms with E-state index in [0.29, 0.717) is 16.3 Å². The van der Waals surface area contributed by atoms with Crippen LogP contribution in [0.2, 0.25) is 5.02 Å². The maximum Gasteiger partial charge on any atom is 0.341 e. The molecule has 1 aromatic heterocycles. The van der Waals surface area contributed by atoms with Crippen molar-refractivity contribution >= 4 is 27.4 Å². The number of halogens is 1. The average Bonchev–Trinajstić information content (AvgIpc) is 3.25. The van der Waals surface area contributed by atoms with Crippen molar-refractivity contribution in [2.75, 3.05) is 12.9 Å². The summed E-state index contributed by atoms with van der Waals surface area (Å²) in [4.78, 5) is 12.3. The standard InChI is InChI=1S/C16H17ClN2O4S/c1-3-23-16(20)12-9-18-19(15(12)10-4-5-10)14-8-11(24(2,21)22)6-7-13(14)17/h6-10H,3-5H2,1-2H3. The van der Waals surface area contributed by atoms with Gasteiger partial charge in [-0.25, -0.2) is 17.9 Å². The van der Waals surface area contributed by atoms with Crippen LogP contribution < -0.4 is 0 Å². The molecule has 0 unspecified atom stereocenters. The van der Waals surface area contributed by atoms with Gasteiger partial charge in [-0.2, -0.15) is 5.10 Å². The number of esters is 1. The summed E-state index contributed by atoms with van der Waals surface area (Å²) in [5.41, 5.74) is 1.57. The van der Waals surface area contributed by atoms with Crippen molar-refractivity contribution in [3.05, 3.63) is 40.7 Å². The van der Waals surface area contributed by atoms with Crippen LogP contribution in [0.3, 0.4) is 0 Å². The first-order chi connectivity index (χ1) is 11.3. The van der Waals surface area contributed by atoms with E-state index >= 15 is 0 Å². The van der Waals surface area contributed by atoms with Crippen molar-refractivity contribution in [3.8, 4) is 5.69 Å². The maximum atomic E-state index is 12.1. The molecule has 0 radical (unpaired) electrons. The first kappa shape index (κ1) is 17.0. The van der Waals surface area contributed by atoms with Gasteiger partial charge in [0.2, 0.25) is 0 Å². The molecule has 1 saturated carbocycles. The molecule has 1 fully saturated rings. The molecule has 0 atom stereocenters. The minimum absolute atomic E-state index is 0.150. The Hall–Kier alpha value is -1.86. The molecule has 0 bridgehead atoms. The highest BCUT2D eigenvalue weighted by atomic mass is 35.5. The van der Waals surface area contributed by atoms with Crippen LogP contribution in [0.5, 0.6) is 0 Å². The fourth-order valence-electron chi connectivity index (χ4n) is 2.55. The van der Waals surface area contributed by atoms with Gasteiger partial charge in [0, 0.05) is 12.2 Å². The molecule has 24 heavy (non-hydrogen) atoms. The van der Waals surface area contributed by atoms with E-state index in [1.165, 1.54) is 24.4 Å². The molecule has 2 aromatic rings. The molecule has 1 aromatic carbocycles. The predicted octanol–water partition coefficient (Wildman–Crippen LogP) is 2.98. The van der Waals surface area contributed by atoms with E-state index in [2.05, 4.69) is 5.10 Å². The number of carbonyl (C=O) groups is 1. The number of aromatic nitrogens is 2. The second-order valence-electron chi connectivity index (χ2n) is 5.74. The number of rotatable bonds is 5. The van der Waals surface area contributed by atoms with E-state index in [1.54, 1.807) is 11.6 Å². The molecular formula is C16H17ClN2O4S. The Balaban J connectivity index is 2.15. The zero-order chi connectivity index (χ0) is 17.5. The Morgan fingerprint density at radius 2 is 2.12 bits per heavy atom. The third-order valence-electron chi connectivity index (χ3n) is 3.84. The maximum absolute atomic E-state index is 12.1. The summed E-state index contributed by atoms with van der Waals surface area (Å²) in [6, 6.07) is 4.45. The summed E-state index contributed by atoms with van der Waals surface area (Å²) >= 11 is 6.26. The fraction of sp³-hybridized carbons (Fsp3) is 0.375. The van der Waals surface area contributed by atoms with Crippen LogP contribution >= 0.6 is 11.6 Å². The lowest BCUT2D eigenvalue weighted by Crippen LogP contribution is -2.10. The summed E-state index contributed by atoms with van der Waals surface area (Å²) in [7, 11) is -3.38. The summed E-state index contributed by atoms with van der Waals surface area (Å²) in [5, 5.41) is 4.64. The largest absolute Gasteiger partial charge is 0.462 e. The van der Waals surface area contributed by atoms with Gasteiger partial charge in [0.1, 0.15) is 5.56 Å². The zero-order valence-corrected chi connectivity index (χ0v) is 14.9. The highest BCUT2D eigenvalue weighted by Gasteiger charge is 2.34. The zero-order valence-electron chi connectivity index (χ0n) is 13.3. The van der Waals surface area contributed by atoms with E-state index in [-0.39, 0.29) is 17.4 Å². The van der Waals surface area contributed by atoms with E-state index in [9.17, 15) is 13.2 Å². The monoisotopic (exact) mass is 368 g/mol. The molecule has 0 saturated heterocycles. The average molecular weight is 369 g/mol. The van der Waals surface area contributed by atoms with E-state index in [0.717, 1.165) is 24.8 Å². The topological polar surface area (TPSA) is 78.3 Å². The summed E-state index contributed by atoms with van der Waals surface area (Å²) in [6.45, 7) is 2.02. The van der Waals surface area contributed by atoms with Crippen molar-refractivity contribution in [2.24, 2.45) is 0 Å². The third-order valence-corrected chi connectivity index (χ3v) is 5.27. The molecule has 0 spiro atoms. The smallest absolute Gasteiger partial charge is 0.341 e. The number of carbonyl (C=O) groups excluding carboxylic acids is 1. The SMILES string of the molecule is CCOC(=O)c1cnn(-c2cc(S(C)(=O)=O)ccc2Cl)c1C1CC1.